The van der Waals surface area contributed by atoms with Gasteiger partial charge in [-0.25, -0.2) is 4.98 Å². The molecule has 2 unspecified atom stereocenters. The largest absolute Gasteiger partial charge is 0.467 e. The number of carbonyl (C=O) groups excluding carboxylic acids is 1. The second-order valence-electron chi connectivity index (χ2n) is 8.71. The third-order valence-corrected chi connectivity index (χ3v) is 8.30. The lowest BCUT2D eigenvalue weighted by Gasteiger charge is -2.31. The molecule has 0 spiro atoms. The third-order valence-electron chi connectivity index (χ3n) is 6.19. The quantitative estimate of drug-likeness (QED) is 0.417. The summed E-state index contributed by atoms with van der Waals surface area (Å²) in [5, 5.41) is 1.32. The van der Waals surface area contributed by atoms with Gasteiger partial charge in [0.05, 0.1) is 36.7 Å². The summed E-state index contributed by atoms with van der Waals surface area (Å²) in [6.45, 7) is 6.30. The molecule has 2 atom stereocenters. The fourth-order valence-electron chi connectivity index (χ4n) is 4.48. The van der Waals surface area contributed by atoms with Crippen molar-refractivity contribution in [3.63, 3.8) is 0 Å². The van der Waals surface area contributed by atoms with Crippen LogP contribution in [0.4, 0.5) is 0 Å². The van der Waals surface area contributed by atoms with E-state index in [1.54, 1.807) is 22.2 Å². The summed E-state index contributed by atoms with van der Waals surface area (Å²) in [5.41, 5.74) is 1.14. The van der Waals surface area contributed by atoms with Crippen LogP contribution in [0.2, 0.25) is 0 Å². The van der Waals surface area contributed by atoms with Gasteiger partial charge in [0.1, 0.15) is 10.6 Å². The Kier molecular flexibility index (Phi) is 6.14. The summed E-state index contributed by atoms with van der Waals surface area (Å²) in [5.74, 6) is 1.61. The van der Waals surface area contributed by atoms with E-state index in [9.17, 15) is 9.59 Å². The van der Waals surface area contributed by atoms with Crippen LogP contribution in [0.15, 0.2) is 32.8 Å². The fourth-order valence-corrected chi connectivity index (χ4v) is 6.80. The Morgan fingerprint density at radius 1 is 1.38 bits per heavy atom. The Balaban J connectivity index is 1.48. The summed E-state index contributed by atoms with van der Waals surface area (Å²) >= 11 is 2.97. The average molecular weight is 474 g/mol. The van der Waals surface area contributed by atoms with Crippen molar-refractivity contribution in [3.8, 4) is 0 Å². The molecule has 0 aromatic carbocycles. The molecule has 1 fully saturated rings. The lowest BCUT2D eigenvalue weighted by Crippen LogP contribution is -2.45. The highest BCUT2D eigenvalue weighted by molar-refractivity contribution is 7.99. The number of fused-ring (bicyclic) bond motifs is 3. The van der Waals surface area contributed by atoms with Crippen LogP contribution >= 0.6 is 23.1 Å². The maximum Gasteiger partial charge on any atom is 0.263 e. The zero-order valence-electron chi connectivity index (χ0n) is 18.3. The number of morpholine rings is 1. The average Bonchev–Trinajstić information content (AvgIpc) is 3.41. The van der Waals surface area contributed by atoms with Gasteiger partial charge in [-0.15, -0.1) is 11.3 Å². The first-order valence-electron chi connectivity index (χ1n) is 11.1. The Bertz CT molecular complexity index is 1180. The number of rotatable bonds is 5. The maximum absolute atomic E-state index is 13.6. The molecule has 0 saturated carbocycles. The number of carbonyl (C=O) groups is 1. The predicted molar refractivity (Wildman–Crippen MR) is 126 cm³/mol. The van der Waals surface area contributed by atoms with E-state index in [4.69, 9.17) is 14.1 Å². The molecule has 170 valence electrons. The summed E-state index contributed by atoms with van der Waals surface area (Å²) in [6.07, 6.45) is 4.68. The van der Waals surface area contributed by atoms with Crippen molar-refractivity contribution < 1.29 is 13.9 Å². The standard InChI is InChI=1S/C23H27N3O4S2/c1-14-5-6-17-18(10-14)32-21-20(17)22(28)26(12-16-4-3-8-30-16)23(24-21)31-13-19(27)25-7-9-29-15(2)11-25/h3-4,8,14-15H,5-7,9-13H2,1-2H3. The van der Waals surface area contributed by atoms with E-state index >= 15 is 0 Å². The molecule has 3 aromatic rings. The smallest absolute Gasteiger partial charge is 0.263 e. The predicted octanol–water partition coefficient (Wildman–Crippen LogP) is 3.56. The van der Waals surface area contributed by atoms with Crippen LogP contribution in [0, 0.1) is 5.92 Å². The van der Waals surface area contributed by atoms with Gasteiger partial charge in [-0.1, -0.05) is 18.7 Å². The summed E-state index contributed by atoms with van der Waals surface area (Å²) < 4.78 is 12.7. The molecule has 1 aliphatic carbocycles. The van der Waals surface area contributed by atoms with E-state index in [1.807, 2.05) is 24.0 Å². The molecule has 0 radical (unpaired) electrons. The molecule has 32 heavy (non-hydrogen) atoms. The fraction of sp³-hybridized carbons (Fsp3) is 0.522. The molecule has 9 heteroatoms. The molecule has 4 heterocycles. The second kappa shape index (κ2) is 9.03. The Hall–Kier alpha value is -2.10. The molecular weight excluding hydrogens is 446 g/mol. The van der Waals surface area contributed by atoms with Gasteiger partial charge in [0, 0.05) is 18.0 Å². The number of nitrogens with zero attached hydrogens (tertiary/aromatic N) is 3. The number of thiophene rings is 1. The number of thioether (sulfide) groups is 1. The topological polar surface area (TPSA) is 77.6 Å². The maximum atomic E-state index is 13.6. The Morgan fingerprint density at radius 2 is 2.25 bits per heavy atom. The van der Waals surface area contributed by atoms with Gasteiger partial charge in [-0.3, -0.25) is 14.2 Å². The van der Waals surface area contributed by atoms with Crippen LogP contribution in [-0.4, -0.2) is 51.9 Å². The first-order valence-corrected chi connectivity index (χ1v) is 12.9. The normalized spacial score (nSPS) is 21.1. The lowest BCUT2D eigenvalue weighted by molar-refractivity contribution is -0.135. The number of ether oxygens (including phenoxy) is 1. The van der Waals surface area contributed by atoms with E-state index in [0.29, 0.717) is 43.1 Å². The molecule has 3 aromatic heterocycles. The Morgan fingerprint density at radius 3 is 3.03 bits per heavy atom. The molecule has 1 saturated heterocycles. The lowest BCUT2D eigenvalue weighted by atomic mass is 9.89. The molecule has 2 aliphatic rings. The van der Waals surface area contributed by atoms with Crippen molar-refractivity contribution in [2.75, 3.05) is 25.4 Å². The van der Waals surface area contributed by atoms with Gasteiger partial charge >= 0.3 is 0 Å². The third kappa shape index (κ3) is 4.25. The second-order valence-corrected chi connectivity index (χ2v) is 10.7. The number of aryl methyl sites for hydroxylation is 1. The molecule has 1 amide bonds. The van der Waals surface area contributed by atoms with Gasteiger partial charge in [-0.05, 0) is 49.8 Å². The zero-order valence-corrected chi connectivity index (χ0v) is 20.0. The highest BCUT2D eigenvalue weighted by Crippen LogP contribution is 2.36. The van der Waals surface area contributed by atoms with E-state index in [1.165, 1.54) is 22.2 Å². The van der Waals surface area contributed by atoms with Gasteiger partial charge in [0.15, 0.2) is 5.16 Å². The minimum Gasteiger partial charge on any atom is -0.467 e. The number of hydrogen-bond donors (Lipinski definition) is 0. The highest BCUT2D eigenvalue weighted by atomic mass is 32.2. The molecule has 0 bridgehead atoms. The monoisotopic (exact) mass is 473 g/mol. The summed E-state index contributed by atoms with van der Waals surface area (Å²) in [4.78, 5) is 35.2. The molecule has 0 N–H and O–H groups in total. The van der Waals surface area contributed by atoms with E-state index in [-0.39, 0.29) is 23.3 Å². The minimum atomic E-state index is -0.0339. The highest BCUT2D eigenvalue weighted by Gasteiger charge is 2.26. The van der Waals surface area contributed by atoms with Crippen LogP contribution in [0.25, 0.3) is 10.2 Å². The number of hydrogen-bond acceptors (Lipinski definition) is 7. The van der Waals surface area contributed by atoms with Crippen molar-refractivity contribution >= 4 is 39.2 Å². The van der Waals surface area contributed by atoms with Crippen LogP contribution in [-0.2, 0) is 28.9 Å². The van der Waals surface area contributed by atoms with Crippen LogP contribution in [0.3, 0.4) is 0 Å². The van der Waals surface area contributed by atoms with Gasteiger partial charge in [-0.2, -0.15) is 0 Å². The van der Waals surface area contributed by atoms with Crippen LogP contribution < -0.4 is 5.56 Å². The number of furan rings is 1. The number of amides is 1. The number of aromatic nitrogens is 2. The van der Waals surface area contributed by atoms with Gasteiger partial charge in [0.25, 0.3) is 5.56 Å². The van der Waals surface area contributed by atoms with E-state index in [0.717, 1.165) is 29.5 Å². The molecule has 5 rings (SSSR count). The van der Waals surface area contributed by atoms with Crippen molar-refractivity contribution in [1.29, 1.82) is 0 Å². The van der Waals surface area contributed by atoms with E-state index < -0.39 is 0 Å². The van der Waals surface area contributed by atoms with Crippen LogP contribution in [0.1, 0.15) is 36.5 Å². The van der Waals surface area contributed by atoms with E-state index in [2.05, 4.69) is 6.92 Å². The molecular formula is C23H27N3O4S2. The molecule has 1 aliphatic heterocycles. The molecule has 7 nitrogen and oxygen atoms in total. The Labute approximate surface area is 194 Å². The first kappa shape index (κ1) is 21.7. The first-order chi connectivity index (χ1) is 15.5. The summed E-state index contributed by atoms with van der Waals surface area (Å²) in [6, 6.07) is 3.67. The van der Waals surface area contributed by atoms with Crippen LogP contribution in [0.5, 0.6) is 0 Å². The SMILES string of the molecule is CC1CCc2c(sc3nc(SCC(=O)N4CCOC(C)C4)n(Cc4ccco4)c(=O)c23)C1. The van der Waals surface area contributed by atoms with Crippen molar-refractivity contribution in [2.45, 2.75) is 50.9 Å². The minimum absolute atomic E-state index is 0.0339. The van der Waals surface area contributed by atoms with Crippen molar-refractivity contribution in [2.24, 2.45) is 5.92 Å². The van der Waals surface area contributed by atoms with Crippen molar-refractivity contribution in [3.05, 3.63) is 45.0 Å². The van der Waals surface area contributed by atoms with Gasteiger partial charge < -0.3 is 14.1 Å². The summed E-state index contributed by atoms with van der Waals surface area (Å²) in [7, 11) is 0. The van der Waals surface area contributed by atoms with Crippen molar-refractivity contribution in [1.82, 2.24) is 14.5 Å². The van der Waals surface area contributed by atoms with Gasteiger partial charge in [0.2, 0.25) is 5.91 Å². The zero-order chi connectivity index (χ0) is 22.2.